The van der Waals surface area contributed by atoms with Gasteiger partial charge in [-0.1, -0.05) is 37.3 Å². The van der Waals surface area contributed by atoms with Crippen LogP contribution in [0.5, 0.6) is 11.5 Å². The molecule has 22 heavy (non-hydrogen) atoms. The van der Waals surface area contributed by atoms with Crippen LogP contribution in [0.3, 0.4) is 0 Å². The second-order valence-electron chi connectivity index (χ2n) is 5.03. The first kappa shape index (κ1) is 16.3. The molecule has 2 aromatic rings. The maximum atomic E-state index is 10.3. The van der Waals surface area contributed by atoms with Gasteiger partial charge in [0.1, 0.15) is 18.3 Å². The number of hydrogen-bond acceptors (Lipinski definition) is 4. The van der Waals surface area contributed by atoms with Crippen LogP contribution in [0, 0.1) is 0 Å². The molecule has 0 amide bonds. The molecule has 0 saturated carbocycles. The monoisotopic (exact) mass is 302 g/mol. The van der Waals surface area contributed by atoms with Gasteiger partial charge in [-0.3, -0.25) is 0 Å². The summed E-state index contributed by atoms with van der Waals surface area (Å²) in [5.74, 6) is 0.212. The molecule has 0 spiro atoms. The van der Waals surface area contributed by atoms with Gasteiger partial charge in [0.25, 0.3) is 0 Å². The lowest BCUT2D eigenvalue weighted by Gasteiger charge is -2.17. The van der Waals surface area contributed by atoms with E-state index in [4.69, 9.17) is 9.47 Å². The molecule has 0 bridgehead atoms. The average molecular weight is 302 g/mol. The van der Waals surface area contributed by atoms with Crippen LogP contribution < -0.4 is 0 Å². The SMILES string of the molecule is CCc1c(O)cc(O)c(-c2ccccc2)c1CCOCOC. The number of methoxy groups -OCH3 is 1. The number of phenols is 2. The standard InChI is InChI=1S/C18H22O4/c1-3-14-15(9-10-22-12-21-2)18(17(20)11-16(14)19)13-7-5-4-6-8-13/h4-8,11,19-20H,3,9-10,12H2,1-2H3. The van der Waals surface area contributed by atoms with Crippen molar-refractivity contribution in [3.05, 3.63) is 47.5 Å². The third-order valence-electron chi connectivity index (χ3n) is 3.62. The van der Waals surface area contributed by atoms with Gasteiger partial charge in [0.05, 0.1) is 6.61 Å². The van der Waals surface area contributed by atoms with Gasteiger partial charge in [0.15, 0.2) is 0 Å². The van der Waals surface area contributed by atoms with Gasteiger partial charge < -0.3 is 19.7 Å². The van der Waals surface area contributed by atoms with Crippen LogP contribution in [0.2, 0.25) is 0 Å². The first-order valence-electron chi connectivity index (χ1n) is 7.37. The molecule has 0 aromatic heterocycles. The highest BCUT2D eigenvalue weighted by Crippen LogP contribution is 2.39. The predicted octanol–water partition coefficient (Wildman–Crippen LogP) is 3.49. The largest absolute Gasteiger partial charge is 0.508 e. The maximum Gasteiger partial charge on any atom is 0.146 e. The van der Waals surface area contributed by atoms with Crippen LogP contribution in [0.15, 0.2) is 36.4 Å². The Labute approximate surface area is 130 Å². The van der Waals surface area contributed by atoms with E-state index >= 15 is 0 Å². The summed E-state index contributed by atoms with van der Waals surface area (Å²) in [5, 5.41) is 20.4. The first-order valence-corrected chi connectivity index (χ1v) is 7.37. The summed E-state index contributed by atoms with van der Waals surface area (Å²) in [6, 6.07) is 11.1. The van der Waals surface area contributed by atoms with Crippen LogP contribution in [-0.4, -0.2) is 30.7 Å². The summed E-state index contributed by atoms with van der Waals surface area (Å²) < 4.78 is 10.2. The van der Waals surface area contributed by atoms with Gasteiger partial charge in [-0.2, -0.15) is 0 Å². The fourth-order valence-corrected chi connectivity index (χ4v) is 2.66. The molecular formula is C18H22O4. The Bertz CT molecular complexity index is 608. The second-order valence-corrected chi connectivity index (χ2v) is 5.03. The van der Waals surface area contributed by atoms with Crippen molar-refractivity contribution in [1.29, 1.82) is 0 Å². The van der Waals surface area contributed by atoms with Crippen LogP contribution in [0.25, 0.3) is 11.1 Å². The average Bonchev–Trinajstić information content (AvgIpc) is 2.52. The van der Waals surface area contributed by atoms with E-state index in [-0.39, 0.29) is 18.3 Å². The third kappa shape index (κ3) is 3.59. The quantitative estimate of drug-likeness (QED) is 0.607. The number of hydrogen-bond donors (Lipinski definition) is 2. The lowest BCUT2D eigenvalue weighted by Crippen LogP contribution is -2.05. The molecule has 0 saturated heterocycles. The summed E-state index contributed by atoms with van der Waals surface area (Å²) in [5.41, 5.74) is 3.45. The molecule has 0 aliphatic carbocycles. The molecule has 0 radical (unpaired) electrons. The van der Waals surface area contributed by atoms with Crippen molar-refractivity contribution >= 4 is 0 Å². The van der Waals surface area contributed by atoms with Crippen molar-refractivity contribution in [2.75, 3.05) is 20.5 Å². The molecule has 2 N–H and O–H groups in total. The van der Waals surface area contributed by atoms with Crippen molar-refractivity contribution in [2.24, 2.45) is 0 Å². The lowest BCUT2D eigenvalue weighted by molar-refractivity contribution is -0.0291. The Kier molecular flexibility index (Phi) is 5.81. The van der Waals surface area contributed by atoms with Crippen molar-refractivity contribution in [1.82, 2.24) is 0 Å². The molecule has 2 rings (SSSR count). The highest BCUT2D eigenvalue weighted by molar-refractivity contribution is 5.76. The van der Waals surface area contributed by atoms with Gasteiger partial charge in [-0.05, 0) is 29.5 Å². The Morgan fingerprint density at radius 3 is 2.36 bits per heavy atom. The zero-order valence-corrected chi connectivity index (χ0v) is 13.0. The molecule has 0 unspecified atom stereocenters. The minimum atomic E-state index is 0.0858. The Morgan fingerprint density at radius 2 is 1.73 bits per heavy atom. The molecule has 4 heteroatoms. The first-order chi connectivity index (χ1) is 10.7. The van der Waals surface area contributed by atoms with Crippen LogP contribution in [0.1, 0.15) is 18.1 Å². The molecule has 2 aromatic carbocycles. The number of aromatic hydroxyl groups is 2. The summed E-state index contributed by atoms with van der Waals surface area (Å²) in [6.07, 6.45) is 1.28. The van der Waals surface area contributed by atoms with Crippen LogP contribution in [0.4, 0.5) is 0 Å². The molecule has 0 aliphatic rings. The summed E-state index contributed by atoms with van der Waals surface area (Å²) in [7, 11) is 1.58. The van der Waals surface area contributed by atoms with Crippen LogP contribution >= 0.6 is 0 Å². The third-order valence-corrected chi connectivity index (χ3v) is 3.62. The van der Waals surface area contributed by atoms with E-state index in [0.29, 0.717) is 19.4 Å². The summed E-state index contributed by atoms with van der Waals surface area (Å²) in [6.45, 7) is 2.68. The minimum Gasteiger partial charge on any atom is -0.508 e. The van der Waals surface area contributed by atoms with E-state index in [2.05, 4.69) is 0 Å². The number of benzene rings is 2. The molecule has 0 atom stereocenters. The van der Waals surface area contributed by atoms with E-state index in [1.807, 2.05) is 37.3 Å². The highest BCUT2D eigenvalue weighted by Gasteiger charge is 2.17. The lowest BCUT2D eigenvalue weighted by atomic mass is 9.91. The van der Waals surface area contributed by atoms with Gasteiger partial charge in [0, 0.05) is 18.7 Å². The van der Waals surface area contributed by atoms with Crippen molar-refractivity contribution in [3.8, 4) is 22.6 Å². The zero-order chi connectivity index (χ0) is 15.9. The van der Waals surface area contributed by atoms with Crippen molar-refractivity contribution < 1.29 is 19.7 Å². The highest BCUT2D eigenvalue weighted by atomic mass is 16.7. The number of phenolic OH excluding ortho intramolecular Hbond substituents is 2. The maximum absolute atomic E-state index is 10.3. The zero-order valence-electron chi connectivity index (χ0n) is 13.0. The second kappa shape index (κ2) is 7.82. The fourth-order valence-electron chi connectivity index (χ4n) is 2.66. The van der Waals surface area contributed by atoms with Crippen LogP contribution in [-0.2, 0) is 22.3 Å². The van der Waals surface area contributed by atoms with Gasteiger partial charge in [-0.25, -0.2) is 0 Å². The van der Waals surface area contributed by atoms with Crippen molar-refractivity contribution in [2.45, 2.75) is 19.8 Å². The van der Waals surface area contributed by atoms with Gasteiger partial charge in [-0.15, -0.1) is 0 Å². The number of rotatable bonds is 7. The summed E-state index contributed by atoms with van der Waals surface area (Å²) >= 11 is 0. The molecule has 118 valence electrons. The molecular weight excluding hydrogens is 280 g/mol. The molecule has 0 aliphatic heterocycles. The van der Waals surface area contributed by atoms with E-state index < -0.39 is 0 Å². The van der Waals surface area contributed by atoms with Gasteiger partial charge >= 0.3 is 0 Å². The normalized spacial score (nSPS) is 10.8. The van der Waals surface area contributed by atoms with E-state index in [1.54, 1.807) is 7.11 Å². The predicted molar refractivity (Wildman–Crippen MR) is 86.1 cm³/mol. The molecule has 0 fully saturated rings. The number of ether oxygens (including phenoxy) is 2. The minimum absolute atomic E-state index is 0.0858. The van der Waals surface area contributed by atoms with Gasteiger partial charge in [0.2, 0.25) is 0 Å². The summed E-state index contributed by atoms with van der Waals surface area (Å²) in [4.78, 5) is 0. The van der Waals surface area contributed by atoms with E-state index in [9.17, 15) is 10.2 Å². The Hall–Kier alpha value is -2.04. The smallest absolute Gasteiger partial charge is 0.146 e. The molecule has 0 heterocycles. The van der Waals surface area contributed by atoms with Crippen molar-refractivity contribution in [3.63, 3.8) is 0 Å². The van der Waals surface area contributed by atoms with E-state index in [1.165, 1.54) is 6.07 Å². The molecule has 4 nitrogen and oxygen atoms in total. The Balaban J connectivity index is 2.46. The topological polar surface area (TPSA) is 58.9 Å². The Morgan fingerprint density at radius 1 is 1.00 bits per heavy atom. The fraction of sp³-hybridized carbons (Fsp3) is 0.333. The van der Waals surface area contributed by atoms with E-state index in [0.717, 1.165) is 22.3 Å².